The second-order valence-electron chi connectivity index (χ2n) is 10.8. The third-order valence-corrected chi connectivity index (χ3v) is 5.45. The van der Waals surface area contributed by atoms with Gasteiger partial charge in [-0.2, -0.15) is 0 Å². The van der Waals surface area contributed by atoms with Gasteiger partial charge in [0.2, 0.25) is 18.1 Å². The Morgan fingerprint density at radius 3 is 2.31 bits per heavy atom. The SMILES string of the molecule is CC(C)C[C@H](NC(=O)[C@H](Cc1ccccc1)NC(=O)CNC(=O)OC(C)(C)C)C(=O)OCCn1cc[n+](C)c1. The predicted octanol–water partition coefficient (Wildman–Crippen LogP) is 1.64. The number of hydrogen-bond donors (Lipinski definition) is 3. The number of imidazole rings is 1. The molecule has 3 N–H and O–H groups in total. The van der Waals surface area contributed by atoms with Crippen molar-refractivity contribution in [3.8, 4) is 0 Å². The van der Waals surface area contributed by atoms with E-state index in [1.54, 1.807) is 20.8 Å². The number of aryl methyl sites for hydroxylation is 1. The molecule has 1 aromatic carbocycles. The number of carbonyl (C=O) groups is 4. The molecule has 0 saturated heterocycles. The van der Waals surface area contributed by atoms with Gasteiger partial charge >= 0.3 is 12.1 Å². The topological polar surface area (TPSA) is 132 Å². The van der Waals surface area contributed by atoms with Crippen LogP contribution in [0, 0.1) is 5.92 Å². The molecule has 0 aliphatic heterocycles. The predicted molar refractivity (Wildman–Crippen MR) is 144 cm³/mol. The lowest BCUT2D eigenvalue weighted by atomic mass is 10.0. The van der Waals surface area contributed by atoms with Crippen LogP contribution in [-0.2, 0) is 43.9 Å². The van der Waals surface area contributed by atoms with Gasteiger partial charge in [0.05, 0.1) is 7.05 Å². The zero-order valence-corrected chi connectivity index (χ0v) is 23.7. The zero-order chi connectivity index (χ0) is 29.0. The molecule has 1 aromatic heterocycles. The molecule has 0 spiro atoms. The minimum absolute atomic E-state index is 0.103. The van der Waals surface area contributed by atoms with Crippen LogP contribution in [0.1, 0.15) is 46.6 Å². The van der Waals surface area contributed by atoms with Gasteiger partial charge in [-0.3, -0.25) is 9.59 Å². The Labute approximate surface area is 230 Å². The molecule has 0 radical (unpaired) electrons. The Morgan fingerprint density at radius 2 is 1.72 bits per heavy atom. The maximum absolute atomic E-state index is 13.4. The molecule has 2 rings (SSSR count). The van der Waals surface area contributed by atoms with Crippen molar-refractivity contribution in [1.82, 2.24) is 20.5 Å². The van der Waals surface area contributed by atoms with Crippen LogP contribution in [-0.4, -0.2) is 59.3 Å². The first-order valence-electron chi connectivity index (χ1n) is 13.1. The summed E-state index contributed by atoms with van der Waals surface area (Å²) in [5.41, 5.74) is 0.108. The van der Waals surface area contributed by atoms with E-state index in [1.807, 2.05) is 79.1 Å². The lowest BCUT2D eigenvalue weighted by molar-refractivity contribution is -0.671. The summed E-state index contributed by atoms with van der Waals surface area (Å²) in [5.74, 6) is -1.53. The molecule has 0 aliphatic rings. The summed E-state index contributed by atoms with van der Waals surface area (Å²) in [6, 6.07) is 7.33. The molecule has 0 fully saturated rings. The molecule has 3 amide bonds. The minimum Gasteiger partial charge on any atom is -0.460 e. The smallest absolute Gasteiger partial charge is 0.408 e. The summed E-state index contributed by atoms with van der Waals surface area (Å²) in [6.07, 6.45) is 5.45. The number of ether oxygens (including phenoxy) is 2. The summed E-state index contributed by atoms with van der Waals surface area (Å²) in [5, 5.41) is 7.83. The molecule has 11 heteroatoms. The number of aromatic nitrogens is 2. The first kappa shape index (κ1) is 31.3. The highest BCUT2D eigenvalue weighted by molar-refractivity contribution is 5.92. The zero-order valence-electron chi connectivity index (χ0n) is 23.7. The standard InChI is InChI=1S/C28H41N5O6/c1-20(2)16-23(26(36)38-15-14-33-13-12-32(6)19-33)31-25(35)22(17-21-10-8-7-9-11-21)30-24(34)18-29-27(37)39-28(3,4)5/h7-13,19-20,22-23H,14-18H2,1-6H3,(H2-,29,30,31,34,35,37)/p+1/t22-,23-/m0/s1. The highest BCUT2D eigenvalue weighted by Gasteiger charge is 2.29. The number of hydrogen-bond acceptors (Lipinski definition) is 6. The van der Waals surface area contributed by atoms with Crippen LogP contribution in [0.15, 0.2) is 49.1 Å². The number of esters is 1. The van der Waals surface area contributed by atoms with Crippen LogP contribution in [0.25, 0.3) is 0 Å². The number of benzene rings is 1. The highest BCUT2D eigenvalue weighted by atomic mass is 16.6. The number of nitrogens with one attached hydrogen (secondary N) is 3. The Bertz CT molecular complexity index is 1090. The summed E-state index contributed by atoms with van der Waals surface area (Å²) < 4.78 is 14.4. The van der Waals surface area contributed by atoms with Crippen molar-refractivity contribution in [3.05, 3.63) is 54.6 Å². The second kappa shape index (κ2) is 14.9. The number of alkyl carbamates (subject to hydrolysis) is 1. The van der Waals surface area contributed by atoms with E-state index in [0.717, 1.165) is 5.56 Å². The van der Waals surface area contributed by atoms with E-state index < -0.39 is 41.6 Å². The molecule has 2 aromatic rings. The summed E-state index contributed by atoms with van der Waals surface area (Å²) >= 11 is 0. The van der Waals surface area contributed by atoms with E-state index in [0.29, 0.717) is 13.0 Å². The van der Waals surface area contributed by atoms with Gasteiger partial charge in [-0.25, -0.2) is 18.7 Å². The largest absolute Gasteiger partial charge is 0.460 e. The monoisotopic (exact) mass is 544 g/mol. The average Bonchev–Trinajstić information content (AvgIpc) is 3.26. The summed E-state index contributed by atoms with van der Waals surface area (Å²) in [6.45, 7) is 9.28. The fourth-order valence-electron chi connectivity index (χ4n) is 3.72. The average molecular weight is 545 g/mol. The van der Waals surface area contributed by atoms with Crippen LogP contribution in [0.3, 0.4) is 0 Å². The Hall–Kier alpha value is -3.89. The van der Waals surface area contributed by atoms with E-state index in [9.17, 15) is 19.2 Å². The molecule has 0 saturated carbocycles. The van der Waals surface area contributed by atoms with Gasteiger partial charge in [0.25, 0.3) is 0 Å². The van der Waals surface area contributed by atoms with Crippen LogP contribution >= 0.6 is 0 Å². The van der Waals surface area contributed by atoms with Crippen molar-refractivity contribution in [1.29, 1.82) is 0 Å². The summed E-state index contributed by atoms with van der Waals surface area (Å²) in [4.78, 5) is 50.8. The number of nitrogens with zero attached hydrogens (tertiary/aromatic N) is 2. The quantitative estimate of drug-likeness (QED) is 0.260. The van der Waals surface area contributed by atoms with Gasteiger partial charge < -0.3 is 25.4 Å². The normalized spacial score (nSPS) is 12.8. The van der Waals surface area contributed by atoms with E-state index >= 15 is 0 Å². The van der Waals surface area contributed by atoms with E-state index in [4.69, 9.17) is 9.47 Å². The van der Waals surface area contributed by atoms with Gasteiger partial charge in [-0.15, -0.1) is 0 Å². The number of rotatable bonds is 13. The van der Waals surface area contributed by atoms with Crippen molar-refractivity contribution < 1.29 is 33.2 Å². The van der Waals surface area contributed by atoms with Crippen LogP contribution in [0.2, 0.25) is 0 Å². The van der Waals surface area contributed by atoms with Gasteiger partial charge in [0.1, 0.15) is 49.8 Å². The van der Waals surface area contributed by atoms with Crippen molar-refractivity contribution in [2.75, 3.05) is 13.2 Å². The van der Waals surface area contributed by atoms with Crippen molar-refractivity contribution in [2.24, 2.45) is 13.0 Å². The highest BCUT2D eigenvalue weighted by Crippen LogP contribution is 2.10. The van der Waals surface area contributed by atoms with Crippen LogP contribution in [0.5, 0.6) is 0 Å². The summed E-state index contributed by atoms with van der Waals surface area (Å²) in [7, 11) is 1.90. The number of amides is 3. The fourth-order valence-corrected chi connectivity index (χ4v) is 3.72. The van der Waals surface area contributed by atoms with Gasteiger partial charge in [-0.1, -0.05) is 44.2 Å². The maximum atomic E-state index is 13.4. The van der Waals surface area contributed by atoms with Gasteiger partial charge in [-0.05, 0) is 38.7 Å². The third kappa shape index (κ3) is 12.5. The third-order valence-electron chi connectivity index (χ3n) is 5.45. The molecular weight excluding hydrogens is 502 g/mol. The van der Waals surface area contributed by atoms with Crippen molar-refractivity contribution in [3.63, 3.8) is 0 Å². The lowest BCUT2D eigenvalue weighted by Gasteiger charge is -2.24. The first-order valence-corrected chi connectivity index (χ1v) is 13.1. The van der Waals surface area contributed by atoms with E-state index in [1.165, 1.54) is 0 Å². The maximum Gasteiger partial charge on any atom is 0.408 e. The van der Waals surface area contributed by atoms with Crippen molar-refractivity contribution in [2.45, 2.75) is 71.7 Å². The molecule has 0 bridgehead atoms. The van der Waals surface area contributed by atoms with Crippen molar-refractivity contribution >= 4 is 23.9 Å². The molecule has 214 valence electrons. The minimum atomic E-state index is -0.984. The van der Waals surface area contributed by atoms with E-state index in [-0.39, 0.29) is 25.5 Å². The first-order chi connectivity index (χ1) is 18.3. The Morgan fingerprint density at radius 1 is 1.03 bits per heavy atom. The molecule has 0 unspecified atom stereocenters. The Kier molecular flexibility index (Phi) is 12.0. The van der Waals surface area contributed by atoms with Gasteiger partial charge in [0.15, 0.2) is 0 Å². The molecule has 39 heavy (non-hydrogen) atoms. The molecule has 11 nitrogen and oxygen atoms in total. The fraction of sp³-hybridized carbons (Fsp3) is 0.536. The lowest BCUT2D eigenvalue weighted by Crippen LogP contribution is -2.54. The molecular formula is C28H42N5O6+. The van der Waals surface area contributed by atoms with E-state index in [2.05, 4.69) is 16.0 Å². The van der Waals surface area contributed by atoms with Gasteiger partial charge in [0, 0.05) is 6.42 Å². The molecule has 1 heterocycles. The van der Waals surface area contributed by atoms with Crippen LogP contribution in [0.4, 0.5) is 4.79 Å². The number of carbonyl (C=O) groups excluding carboxylic acids is 4. The van der Waals surface area contributed by atoms with Crippen LogP contribution < -0.4 is 20.5 Å². The second-order valence-corrected chi connectivity index (χ2v) is 10.8. The Balaban J connectivity index is 2.05. The molecule has 0 aliphatic carbocycles. The molecule has 2 atom stereocenters.